The van der Waals surface area contributed by atoms with E-state index < -0.39 is 12.7 Å². The molecule has 1 saturated heterocycles. The molecule has 1 aliphatic heterocycles. The molecule has 1 heterocycles. The predicted octanol–water partition coefficient (Wildman–Crippen LogP) is 2.18. The van der Waals surface area contributed by atoms with Gasteiger partial charge in [-0.05, 0) is 32.7 Å². The second kappa shape index (κ2) is 8.46. The van der Waals surface area contributed by atoms with Crippen molar-refractivity contribution >= 4 is 5.96 Å². The van der Waals surface area contributed by atoms with Gasteiger partial charge in [0.2, 0.25) is 0 Å². The Hall–Kier alpha value is -0.980. The van der Waals surface area contributed by atoms with E-state index >= 15 is 0 Å². The summed E-state index contributed by atoms with van der Waals surface area (Å²) in [6, 6.07) is 0. The number of alkyl halides is 3. The van der Waals surface area contributed by atoms with Gasteiger partial charge >= 0.3 is 6.18 Å². The molecule has 7 heteroatoms. The Morgan fingerprint density at radius 2 is 1.95 bits per heavy atom. The van der Waals surface area contributed by atoms with Gasteiger partial charge in [-0.3, -0.25) is 9.89 Å². The van der Waals surface area contributed by atoms with E-state index in [1.54, 1.807) is 0 Å². The molecular formula is C14H27F3N4. The van der Waals surface area contributed by atoms with Crippen LogP contribution in [0.15, 0.2) is 4.99 Å². The van der Waals surface area contributed by atoms with Crippen molar-refractivity contribution in [3.05, 3.63) is 0 Å². The van der Waals surface area contributed by atoms with Gasteiger partial charge in [-0.25, -0.2) is 0 Å². The van der Waals surface area contributed by atoms with Gasteiger partial charge in [0.1, 0.15) is 0 Å². The summed E-state index contributed by atoms with van der Waals surface area (Å²) in [6.45, 7) is 6.73. The fourth-order valence-corrected chi connectivity index (χ4v) is 2.36. The number of halogens is 3. The monoisotopic (exact) mass is 308 g/mol. The van der Waals surface area contributed by atoms with Gasteiger partial charge in [0.25, 0.3) is 0 Å². The van der Waals surface area contributed by atoms with Crippen molar-refractivity contribution in [2.45, 2.75) is 32.9 Å². The van der Waals surface area contributed by atoms with Crippen LogP contribution in [0.5, 0.6) is 0 Å². The molecule has 0 unspecified atom stereocenters. The highest BCUT2D eigenvalue weighted by Gasteiger charge is 2.28. The van der Waals surface area contributed by atoms with Gasteiger partial charge in [0.15, 0.2) is 5.96 Å². The third-order valence-corrected chi connectivity index (χ3v) is 3.61. The topological polar surface area (TPSA) is 30.9 Å². The molecule has 0 atom stereocenters. The van der Waals surface area contributed by atoms with Gasteiger partial charge in [-0.1, -0.05) is 6.92 Å². The van der Waals surface area contributed by atoms with Crippen molar-refractivity contribution < 1.29 is 13.2 Å². The quantitative estimate of drug-likeness (QED) is 0.624. The van der Waals surface area contributed by atoms with Crippen LogP contribution >= 0.6 is 0 Å². The summed E-state index contributed by atoms with van der Waals surface area (Å²) in [6.07, 6.45) is -1.87. The molecule has 0 saturated carbocycles. The summed E-state index contributed by atoms with van der Waals surface area (Å²) >= 11 is 0. The van der Waals surface area contributed by atoms with E-state index in [2.05, 4.69) is 22.1 Å². The van der Waals surface area contributed by atoms with Crippen molar-refractivity contribution in [2.24, 2.45) is 10.9 Å². The van der Waals surface area contributed by atoms with Gasteiger partial charge in [0.05, 0.1) is 13.1 Å². The summed E-state index contributed by atoms with van der Waals surface area (Å²) in [7, 11) is 1.47. The smallest absolute Gasteiger partial charge is 0.357 e. The zero-order chi connectivity index (χ0) is 15.9. The highest BCUT2D eigenvalue weighted by Crippen LogP contribution is 2.16. The van der Waals surface area contributed by atoms with Crippen LogP contribution in [0.4, 0.5) is 13.2 Å². The first-order chi connectivity index (χ1) is 9.81. The Balaban J connectivity index is 2.44. The van der Waals surface area contributed by atoms with Crippen molar-refractivity contribution in [3.63, 3.8) is 0 Å². The van der Waals surface area contributed by atoms with E-state index in [9.17, 15) is 13.2 Å². The lowest BCUT2D eigenvalue weighted by molar-refractivity contribution is -0.142. The van der Waals surface area contributed by atoms with Crippen LogP contribution in [0.25, 0.3) is 0 Å². The largest absolute Gasteiger partial charge is 0.401 e. The molecule has 0 aliphatic carbocycles. The summed E-state index contributed by atoms with van der Waals surface area (Å²) in [4.78, 5) is 7.91. The van der Waals surface area contributed by atoms with E-state index in [1.807, 2.05) is 6.92 Å². The number of guanidine groups is 1. The van der Waals surface area contributed by atoms with Gasteiger partial charge < -0.3 is 10.2 Å². The maximum Gasteiger partial charge on any atom is 0.401 e. The van der Waals surface area contributed by atoms with E-state index in [0.29, 0.717) is 13.1 Å². The Morgan fingerprint density at radius 1 is 1.33 bits per heavy atom. The lowest BCUT2D eigenvalue weighted by Gasteiger charge is -2.33. The lowest BCUT2D eigenvalue weighted by atomic mass is 10.00. The van der Waals surface area contributed by atoms with E-state index in [0.717, 1.165) is 44.4 Å². The molecule has 0 radical (unpaired) electrons. The molecule has 21 heavy (non-hydrogen) atoms. The van der Waals surface area contributed by atoms with Gasteiger partial charge in [-0.2, -0.15) is 13.2 Å². The lowest BCUT2D eigenvalue weighted by Crippen LogP contribution is -2.45. The van der Waals surface area contributed by atoms with Crippen LogP contribution in [-0.2, 0) is 0 Å². The Bertz CT molecular complexity index is 323. The second-order valence-corrected chi connectivity index (χ2v) is 5.76. The molecule has 0 aromatic carbocycles. The Kier molecular flexibility index (Phi) is 7.28. The highest BCUT2D eigenvalue weighted by atomic mass is 19.4. The molecule has 1 fully saturated rings. The van der Waals surface area contributed by atoms with Crippen LogP contribution in [-0.4, -0.2) is 68.3 Å². The van der Waals surface area contributed by atoms with Crippen molar-refractivity contribution in [2.75, 3.05) is 46.3 Å². The van der Waals surface area contributed by atoms with E-state index in [-0.39, 0.29) is 0 Å². The number of likely N-dealkylation sites (N-methyl/N-ethyl adjacent to an activating group) is 1. The van der Waals surface area contributed by atoms with Crippen LogP contribution in [0.3, 0.4) is 0 Å². The maximum atomic E-state index is 12.2. The molecule has 0 bridgehead atoms. The molecule has 0 spiro atoms. The minimum atomic E-state index is -4.15. The first-order valence-electron chi connectivity index (χ1n) is 7.60. The molecule has 124 valence electrons. The fraction of sp³-hybridized carbons (Fsp3) is 0.929. The molecular weight excluding hydrogens is 281 g/mol. The van der Waals surface area contributed by atoms with Crippen LogP contribution in [0.1, 0.15) is 26.7 Å². The van der Waals surface area contributed by atoms with Crippen LogP contribution < -0.4 is 5.32 Å². The third kappa shape index (κ3) is 7.55. The van der Waals surface area contributed by atoms with Crippen LogP contribution in [0.2, 0.25) is 0 Å². The number of hydrogen-bond acceptors (Lipinski definition) is 2. The molecule has 0 aromatic rings. The predicted molar refractivity (Wildman–Crippen MR) is 79.5 cm³/mol. The number of piperidine rings is 1. The van der Waals surface area contributed by atoms with Crippen LogP contribution in [0, 0.1) is 5.92 Å². The molecule has 1 aliphatic rings. The number of nitrogens with zero attached hydrogens (tertiary/aromatic N) is 3. The SMILES string of the molecule is CCNC(=NCCN(C)CC(F)(F)F)N1CCC(C)CC1. The minimum absolute atomic E-state index is 0.304. The Morgan fingerprint density at radius 3 is 2.48 bits per heavy atom. The fourth-order valence-electron chi connectivity index (χ4n) is 2.36. The standard InChI is InChI=1S/C14H27F3N4/c1-4-18-13(21-8-5-12(2)6-9-21)19-7-10-20(3)11-14(15,16)17/h12H,4-11H2,1-3H3,(H,18,19). The number of aliphatic imine (C=N–C) groups is 1. The normalized spacial score (nSPS) is 18.4. The number of hydrogen-bond donors (Lipinski definition) is 1. The minimum Gasteiger partial charge on any atom is -0.357 e. The third-order valence-electron chi connectivity index (χ3n) is 3.61. The highest BCUT2D eigenvalue weighted by molar-refractivity contribution is 5.80. The first-order valence-corrected chi connectivity index (χ1v) is 7.60. The summed E-state index contributed by atoms with van der Waals surface area (Å²) in [5.41, 5.74) is 0. The molecule has 4 nitrogen and oxygen atoms in total. The molecule has 0 amide bonds. The zero-order valence-corrected chi connectivity index (χ0v) is 13.2. The zero-order valence-electron chi connectivity index (χ0n) is 13.2. The average molecular weight is 308 g/mol. The van der Waals surface area contributed by atoms with Gasteiger partial charge in [0, 0.05) is 26.2 Å². The Labute approximate surface area is 125 Å². The van der Waals surface area contributed by atoms with Crippen molar-refractivity contribution in [3.8, 4) is 0 Å². The first kappa shape index (κ1) is 18.1. The number of nitrogens with one attached hydrogen (secondary N) is 1. The van der Waals surface area contributed by atoms with Crippen molar-refractivity contribution in [1.82, 2.24) is 15.1 Å². The molecule has 1 rings (SSSR count). The van der Waals surface area contributed by atoms with E-state index in [4.69, 9.17) is 0 Å². The number of likely N-dealkylation sites (tertiary alicyclic amines) is 1. The number of rotatable bonds is 5. The maximum absolute atomic E-state index is 12.2. The summed E-state index contributed by atoms with van der Waals surface area (Å²) in [5, 5.41) is 3.22. The average Bonchev–Trinajstić information content (AvgIpc) is 2.36. The molecule has 0 aromatic heterocycles. The summed E-state index contributed by atoms with van der Waals surface area (Å²) in [5.74, 6) is 1.56. The van der Waals surface area contributed by atoms with Crippen molar-refractivity contribution in [1.29, 1.82) is 0 Å². The molecule has 1 N–H and O–H groups in total. The second-order valence-electron chi connectivity index (χ2n) is 5.76. The van der Waals surface area contributed by atoms with Gasteiger partial charge in [-0.15, -0.1) is 0 Å². The van der Waals surface area contributed by atoms with E-state index in [1.165, 1.54) is 11.9 Å². The summed E-state index contributed by atoms with van der Waals surface area (Å²) < 4.78 is 36.7.